The number of ether oxygens (including phenoxy) is 1. The Morgan fingerprint density at radius 3 is 2.81 bits per heavy atom. The molecule has 2 rings (SSSR count). The fraction of sp³-hybridized carbons (Fsp3) is 0.533. The minimum atomic E-state index is -0.547. The van der Waals surface area contributed by atoms with Gasteiger partial charge in [0.15, 0.2) is 11.9 Å². The van der Waals surface area contributed by atoms with Crippen molar-refractivity contribution in [3.05, 3.63) is 26.6 Å². The van der Waals surface area contributed by atoms with Crippen LogP contribution in [-0.2, 0) is 9.53 Å². The van der Waals surface area contributed by atoms with Crippen LogP contribution < -0.4 is 5.56 Å². The number of unbranched alkanes of at least 4 members (excludes halogenated alkanes) is 1. The highest BCUT2D eigenvalue weighted by molar-refractivity contribution is 7.18. The summed E-state index contributed by atoms with van der Waals surface area (Å²) in [6, 6.07) is 0. The SMILES string of the molecule is CCCCC(=O)O[C@@H](C)c1nc2sc(C)c(C)c2c(=O)[nH]1. The molecule has 2 aromatic heterocycles. The lowest BCUT2D eigenvalue weighted by molar-refractivity contribution is -0.149. The minimum Gasteiger partial charge on any atom is -0.454 e. The highest BCUT2D eigenvalue weighted by Gasteiger charge is 2.17. The van der Waals surface area contributed by atoms with Crippen molar-refractivity contribution in [3.63, 3.8) is 0 Å². The molecule has 114 valence electrons. The van der Waals surface area contributed by atoms with Gasteiger partial charge in [-0.1, -0.05) is 13.3 Å². The molecule has 0 unspecified atom stereocenters. The molecule has 6 heteroatoms. The number of H-pyrrole nitrogens is 1. The van der Waals surface area contributed by atoms with Crippen LogP contribution in [0, 0.1) is 13.8 Å². The predicted molar refractivity (Wildman–Crippen MR) is 83.7 cm³/mol. The van der Waals surface area contributed by atoms with E-state index in [9.17, 15) is 9.59 Å². The van der Waals surface area contributed by atoms with Gasteiger partial charge in [-0.2, -0.15) is 0 Å². The second kappa shape index (κ2) is 6.39. The second-order valence-electron chi connectivity index (χ2n) is 5.15. The molecule has 0 aliphatic carbocycles. The molecule has 5 nitrogen and oxygen atoms in total. The van der Waals surface area contributed by atoms with Gasteiger partial charge in [0.2, 0.25) is 0 Å². The Hall–Kier alpha value is -1.69. The van der Waals surface area contributed by atoms with Crippen LogP contribution in [-0.4, -0.2) is 15.9 Å². The summed E-state index contributed by atoms with van der Waals surface area (Å²) >= 11 is 1.49. The molecule has 0 saturated heterocycles. The van der Waals surface area contributed by atoms with Gasteiger partial charge < -0.3 is 9.72 Å². The number of carbonyl (C=O) groups excluding carboxylic acids is 1. The molecular weight excluding hydrogens is 288 g/mol. The first-order chi connectivity index (χ1) is 9.93. The molecule has 2 heterocycles. The molecule has 0 aliphatic heterocycles. The van der Waals surface area contributed by atoms with Crippen molar-refractivity contribution < 1.29 is 9.53 Å². The summed E-state index contributed by atoms with van der Waals surface area (Å²) in [5.74, 6) is 0.143. The minimum absolute atomic E-state index is 0.173. The smallest absolute Gasteiger partial charge is 0.306 e. The molecule has 2 aromatic rings. The summed E-state index contributed by atoms with van der Waals surface area (Å²) in [5.41, 5.74) is 0.788. The molecule has 0 radical (unpaired) electrons. The third kappa shape index (κ3) is 3.32. The van der Waals surface area contributed by atoms with Crippen molar-refractivity contribution >= 4 is 27.5 Å². The van der Waals surface area contributed by atoms with E-state index < -0.39 is 6.10 Å². The van der Waals surface area contributed by atoms with Gasteiger partial charge in [-0.05, 0) is 32.8 Å². The maximum atomic E-state index is 12.2. The van der Waals surface area contributed by atoms with Crippen molar-refractivity contribution in [2.24, 2.45) is 0 Å². The van der Waals surface area contributed by atoms with Crippen molar-refractivity contribution in [2.45, 2.75) is 53.1 Å². The number of esters is 1. The number of nitrogens with one attached hydrogen (secondary N) is 1. The third-order valence-corrected chi connectivity index (χ3v) is 4.59. The first-order valence-corrected chi connectivity index (χ1v) is 7.95. The maximum Gasteiger partial charge on any atom is 0.306 e. The van der Waals surface area contributed by atoms with Gasteiger partial charge in [0.25, 0.3) is 5.56 Å². The van der Waals surface area contributed by atoms with Gasteiger partial charge in [0.1, 0.15) is 4.83 Å². The van der Waals surface area contributed by atoms with Crippen LogP contribution in [0.25, 0.3) is 10.2 Å². The van der Waals surface area contributed by atoms with Crippen LogP contribution in [0.4, 0.5) is 0 Å². The van der Waals surface area contributed by atoms with Crippen LogP contribution in [0.15, 0.2) is 4.79 Å². The van der Waals surface area contributed by atoms with Gasteiger partial charge in [-0.25, -0.2) is 4.98 Å². The largest absolute Gasteiger partial charge is 0.454 e. The van der Waals surface area contributed by atoms with E-state index in [4.69, 9.17) is 4.74 Å². The summed E-state index contributed by atoms with van der Waals surface area (Å²) in [6.07, 6.45) is 1.59. The monoisotopic (exact) mass is 308 g/mol. The van der Waals surface area contributed by atoms with E-state index in [0.717, 1.165) is 23.3 Å². The van der Waals surface area contributed by atoms with Gasteiger partial charge in [0, 0.05) is 11.3 Å². The van der Waals surface area contributed by atoms with E-state index in [0.29, 0.717) is 22.5 Å². The summed E-state index contributed by atoms with van der Waals surface area (Å²) < 4.78 is 5.31. The van der Waals surface area contributed by atoms with E-state index >= 15 is 0 Å². The average molecular weight is 308 g/mol. The molecule has 0 fully saturated rings. The van der Waals surface area contributed by atoms with E-state index in [1.165, 1.54) is 11.3 Å². The fourth-order valence-corrected chi connectivity index (χ4v) is 3.13. The lowest BCUT2D eigenvalue weighted by Gasteiger charge is -2.12. The molecule has 0 spiro atoms. The molecule has 1 atom stereocenters. The molecule has 0 aromatic carbocycles. The summed E-state index contributed by atoms with van der Waals surface area (Å²) in [5, 5.41) is 0.630. The van der Waals surface area contributed by atoms with E-state index in [2.05, 4.69) is 9.97 Å². The Labute approximate surface area is 127 Å². The molecule has 1 N–H and O–H groups in total. The van der Waals surface area contributed by atoms with Crippen LogP contribution in [0.3, 0.4) is 0 Å². The fourth-order valence-electron chi connectivity index (χ4n) is 2.10. The molecule has 21 heavy (non-hydrogen) atoms. The first-order valence-electron chi connectivity index (χ1n) is 7.13. The van der Waals surface area contributed by atoms with E-state index in [-0.39, 0.29) is 11.5 Å². The number of thiophene rings is 1. The number of hydrogen-bond acceptors (Lipinski definition) is 5. The van der Waals surface area contributed by atoms with Gasteiger partial charge in [-0.3, -0.25) is 9.59 Å². The molecule has 0 bridgehead atoms. The molecular formula is C15H20N2O3S. The normalized spacial score (nSPS) is 12.6. The Morgan fingerprint density at radius 2 is 2.14 bits per heavy atom. The van der Waals surface area contributed by atoms with E-state index in [1.807, 2.05) is 20.8 Å². The number of rotatable bonds is 5. The molecule has 0 amide bonds. The van der Waals surface area contributed by atoms with Gasteiger partial charge in [0.05, 0.1) is 5.39 Å². The van der Waals surface area contributed by atoms with Crippen LogP contribution >= 0.6 is 11.3 Å². The Balaban J connectivity index is 2.26. The number of fused-ring (bicyclic) bond motifs is 1. The Kier molecular flexibility index (Phi) is 4.77. The van der Waals surface area contributed by atoms with Gasteiger partial charge >= 0.3 is 5.97 Å². The van der Waals surface area contributed by atoms with E-state index in [1.54, 1.807) is 6.92 Å². The van der Waals surface area contributed by atoms with Crippen molar-refractivity contribution in [1.82, 2.24) is 9.97 Å². The molecule has 0 saturated carbocycles. The predicted octanol–water partition coefficient (Wildman–Crippen LogP) is 3.40. The summed E-state index contributed by atoms with van der Waals surface area (Å²) in [7, 11) is 0. The lowest BCUT2D eigenvalue weighted by Crippen LogP contribution is -2.17. The van der Waals surface area contributed by atoms with Crippen LogP contribution in [0.2, 0.25) is 0 Å². The number of aryl methyl sites for hydroxylation is 2. The highest BCUT2D eigenvalue weighted by Crippen LogP contribution is 2.26. The van der Waals surface area contributed by atoms with Crippen molar-refractivity contribution in [1.29, 1.82) is 0 Å². The standard InChI is InChI=1S/C15H20N2O3S/c1-5-6-7-11(18)20-9(3)13-16-14(19)12-8(2)10(4)21-15(12)17-13/h9H,5-7H2,1-4H3,(H,16,17,19)/t9-/m0/s1. The Morgan fingerprint density at radius 1 is 1.43 bits per heavy atom. The topological polar surface area (TPSA) is 72.0 Å². The van der Waals surface area contributed by atoms with Crippen LogP contribution in [0.1, 0.15) is 55.5 Å². The van der Waals surface area contributed by atoms with Gasteiger partial charge in [-0.15, -0.1) is 11.3 Å². The first kappa shape index (κ1) is 15.7. The third-order valence-electron chi connectivity index (χ3n) is 3.49. The summed E-state index contributed by atoms with van der Waals surface area (Å²) in [6.45, 7) is 7.63. The maximum absolute atomic E-state index is 12.2. The highest BCUT2D eigenvalue weighted by atomic mass is 32.1. The number of hydrogen-bond donors (Lipinski definition) is 1. The Bertz CT molecular complexity index is 718. The average Bonchev–Trinajstić information content (AvgIpc) is 2.72. The number of nitrogens with zero attached hydrogens (tertiary/aromatic N) is 1. The zero-order valence-corrected chi connectivity index (χ0v) is 13.6. The molecule has 0 aliphatic rings. The zero-order valence-electron chi connectivity index (χ0n) is 12.8. The zero-order chi connectivity index (χ0) is 15.6. The van der Waals surface area contributed by atoms with Crippen molar-refractivity contribution in [3.8, 4) is 0 Å². The van der Waals surface area contributed by atoms with Crippen molar-refractivity contribution in [2.75, 3.05) is 0 Å². The quantitative estimate of drug-likeness (QED) is 0.859. The number of aromatic nitrogens is 2. The van der Waals surface area contributed by atoms with Crippen LogP contribution in [0.5, 0.6) is 0 Å². The lowest BCUT2D eigenvalue weighted by atomic mass is 10.2. The second-order valence-corrected chi connectivity index (χ2v) is 6.35. The number of carbonyl (C=O) groups is 1. The summed E-state index contributed by atoms with van der Waals surface area (Å²) in [4.78, 5) is 32.8. The number of aromatic amines is 1.